The molecule has 0 aliphatic heterocycles. The highest BCUT2D eigenvalue weighted by molar-refractivity contribution is 5.96. The fourth-order valence-corrected chi connectivity index (χ4v) is 3.94. The Kier molecular flexibility index (Phi) is 3.95. The molecule has 0 radical (unpaired) electrons. The van der Waals surface area contributed by atoms with E-state index in [1.165, 1.54) is 25.7 Å². The number of hydrogen-bond acceptors (Lipinski definition) is 2. The summed E-state index contributed by atoms with van der Waals surface area (Å²) in [6.45, 7) is 1.88. The van der Waals surface area contributed by atoms with Crippen LogP contribution in [-0.4, -0.2) is 11.8 Å². The molecular formula is C17H22N2O2. The fraction of sp³-hybridized carbons (Fsp3) is 0.529. The summed E-state index contributed by atoms with van der Waals surface area (Å²) in [5.74, 6) is 1.75. The average Bonchev–Trinajstić information content (AvgIpc) is 3.08. The zero-order valence-corrected chi connectivity index (χ0v) is 12.4. The molecule has 3 rings (SSSR count). The highest BCUT2D eigenvalue weighted by Crippen LogP contribution is 2.49. The number of carbonyl (C=O) groups is 2. The molecular weight excluding hydrogens is 264 g/mol. The standard InChI is InChI=1S/C17H22N2O2/c1-11-4-2-3-5-15(11)17(21)19-18-16(20)10-14-9-12-6-7-13(14)8-12/h2-5,12-14H,6-10H2,1H3,(H,18,20)(H,19,21). The Bertz CT molecular complexity index is 555. The maximum atomic E-state index is 12.0. The molecule has 0 heterocycles. The van der Waals surface area contributed by atoms with Gasteiger partial charge in [-0.15, -0.1) is 0 Å². The van der Waals surface area contributed by atoms with Crippen LogP contribution in [0.4, 0.5) is 0 Å². The van der Waals surface area contributed by atoms with E-state index >= 15 is 0 Å². The van der Waals surface area contributed by atoms with Crippen molar-refractivity contribution in [2.45, 2.75) is 39.0 Å². The molecule has 2 saturated carbocycles. The molecule has 4 heteroatoms. The van der Waals surface area contributed by atoms with Crippen LogP contribution in [0.25, 0.3) is 0 Å². The first-order valence-electron chi connectivity index (χ1n) is 7.78. The zero-order valence-electron chi connectivity index (χ0n) is 12.4. The Morgan fingerprint density at radius 3 is 2.62 bits per heavy atom. The smallest absolute Gasteiger partial charge is 0.269 e. The summed E-state index contributed by atoms with van der Waals surface area (Å²) in [7, 11) is 0. The number of rotatable bonds is 3. The molecule has 0 saturated heterocycles. The topological polar surface area (TPSA) is 58.2 Å². The van der Waals surface area contributed by atoms with E-state index in [2.05, 4.69) is 10.9 Å². The fourth-order valence-electron chi connectivity index (χ4n) is 3.94. The van der Waals surface area contributed by atoms with E-state index in [0.717, 1.165) is 17.4 Å². The minimum absolute atomic E-state index is 0.0746. The van der Waals surface area contributed by atoms with Crippen LogP contribution in [-0.2, 0) is 4.79 Å². The van der Waals surface area contributed by atoms with Crippen LogP contribution in [0.5, 0.6) is 0 Å². The van der Waals surface area contributed by atoms with Crippen molar-refractivity contribution in [2.24, 2.45) is 17.8 Å². The molecule has 0 spiro atoms. The molecule has 2 N–H and O–H groups in total. The molecule has 112 valence electrons. The summed E-state index contributed by atoms with van der Waals surface area (Å²) in [6, 6.07) is 7.34. The Morgan fingerprint density at radius 1 is 1.14 bits per heavy atom. The van der Waals surface area contributed by atoms with E-state index in [0.29, 0.717) is 17.9 Å². The Morgan fingerprint density at radius 2 is 1.95 bits per heavy atom. The lowest BCUT2D eigenvalue weighted by molar-refractivity contribution is -0.123. The highest BCUT2D eigenvalue weighted by Gasteiger charge is 2.40. The van der Waals surface area contributed by atoms with E-state index in [-0.39, 0.29) is 11.8 Å². The molecule has 2 amide bonds. The van der Waals surface area contributed by atoms with E-state index in [4.69, 9.17) is 0 Å². The molecule has 3 unspecified atom stereocenters. The van der Waals surface area contributed by atoms with Gasteiger partial charge >= 0.3 is 0 Å². The maximum absolute atomic E-state index is 12.0. The molecule has 3 atom stereocenters. The van der Waals surface area contributed by atoms with Gasteiger partial charge in [0.25, 0.3) is 5.91 Å². The van der Waals surface area contributed by atoms with Crippen molar-refractivity contribution in [3.05, 3.63) is 35.4 Å². The third-order valence-electron chi connectivity index (χ3n) is 5.04. The lowest BCUT2D eigenvalue weighted by atomic mass is 9.86. The summed E-state index contributed by atoms with van der Waals surface area (Å²) in [4.78, 5) is 24.0. The van der Waals surface area contributed by atoms with Gasteiger partial charge in [-0.05, 0) is 55.6 Å². The summed E-state index contributed by atoms with van der Waals surface area (Å²) in [5.41, 5.74) is 6.57. The van der Waals surface area contributed by atoms with Gasteiger partial charge in [-0.1, -0.05) is 24.6 Å². The van der Waals surface area contributed by atoms with Crippen LogP contribution >= 0.6 is 0 Å². The van der Waals surface area contributed by atoms with E-state index in [9.17, 15) is 9.59 Å². The second-order valence-electron chi connectivity index (χ2n) is 6.46. The second-order valence-corrected chi connectivity index (χ2v) is 6.46. The Labute approximate surface area is 125 Å². The number of amides is 2. The SMILES string of the molecule is Cc1ccccc1C(=O)NNC(=O)CC1CC2CCC1C2. The van der Waals surface area contributed by atoms with Crippen LogP contribution in [0, 0.1) is 24.7 Å². The van der Waals surface area contributed by atoms with Crippen molar-refractivity contribution in [3.8, 4) is 0 Å². The number of hydrazine groups is 1. The van der Waals surface area contributed by atoms with Crippen molar-refractivity contribution in [2.75, 3.05) is 0 Å². The largest absolute Gasteiger partial charge is 0.273 e. The number of nitrogens with one attached hydrogen (secondary N) is 2. The van der Waals surface area contributed by atoms with Crippen LogP contribution < -0.4 is 10.9 Å². The number of hydrogen-bond donors (Lipinski definition) is 2. The van der Waals surface area contributed by atoms with Crippen LogP contribution in [0.2, 0.25) is 0 Å². The molecule has 2 aliphatic rings. The molecule has 2 fully saturated rings. The van der Waals surface area contributed by atoms with Crippen molar-refractivity contribution >= 4 is 11.8 Å². The first kappa shape index (κ1) is 14.1. The quantitative estimate of drug-likeness (QED) is 0.839. The van der Waals surface area contributed by atoms with Gasteiger partial charge in [-0.25, -0.2) is 0 Å². The molecule has 1 aromatic rings. The highest BCUT2D eigenvalue weighted by atomic mass is 16.2. The van der Waals surface area contributed by atoms with Crippen molar-refractivity contribution < 1.29 is 9.59 Å². The number of benzene rings is 1. The van der Waals surface area contributed by atoms with E-state index in [1.807, 2.05) is 25.1 Å². The average molecular weight is 286 g/mol. The van der Waals surface area contributed by atoms with Gasteiger partial charge in [0.1, 0.15) is 0 Å². The normalized spacial score (nSPS) is 26.6. The van der Waals surface area contributed by atoms with E-state index < -0.39 is 0 Å². The maximum Gasteiger partial charge on any atom is 0.269 e. The van der Waals surface area contributed by atoms with Crippen molar-refractivity contribution in [3.63, 3.8) is 0 Å². The van der Waals surface area contributed by atoms with Crippen LogP contribution in [0.3, 0.4) is 0 Å². The predicted octanol–water partition coefficient (Wildman–Crippen LogP) is 2.58. The van der Waals surface area contributed by atoms with Gasteiger partial charge in [-0.3, -0.25) is 20.4 Å². The predicted molar refractivity (Wildman–Crippen MR) is 80.3 cm³/mol. The van der Waals surface area contributed by atoms with Gasteiger partial charge in [-0.2, -0.15) is 0 Å². The number of aryl methyl sites for hydroxylation is 1. The second kappa shape index (κ2) is 5.88. The molecule has 1 aromatic carbocycles. The number of carbonyl (C=O) groups excluding carboxylic acids is 2. The lowest BCUT2D eigenvalue weighted by Gasteiger charge is -2.21. The lowest BCUT2D eigenvalue weighted by Crippen LogP contribution is -2.42. The minimum Gasteiger partial charge on any atom is -0.273 e. The molecule has 0 aromatic heterocycles. The zero-order chi connectivity index (χ0) is 14.8. The van der Waals surface area contributed by atoms with Crippen LogP contribution in [0.15, 0.2) is 24.3 Å². The van der Waals surface area contributed by atoms with E-state index in [1.54, 1.807) is 6.07 Å². The first-order valence-corrected chi connectivity index (χ1v) is 7.78. The Hall–Kier alpha value is -1.84. The summed E-state index contributed by atoms with van der Waals surface area (Å²) in [6.07, 6.45) is 5.64. The summed E-state index contributed by atoms with van der Waals surface area (Å²) < 4.78 is 0. The van der Waals surface area contributed by atoms with Crippen molar-refractivity contribution in [1.29, 1.82) is 0 Å². The third-order valence-corrected chi connectivity index (χ3v) is 5.04. The van der Waals surface area contributed by atoms with Gasteiger partial charge in [0.15, 0.2) is 0 Å². The third kappa shape index (κ3) is 3.09. The minimum atomic E-state index is -0.255. The molecule has 2 bridgehead atoms. The molecule has 4 nitrogen and oxygen atoms in total. The van der Waals surface area contributed by atoms with Crippen LogP contribution in [0.1, 0.15) is 48.0 Å². The number of fused-ring (bicyclic) bond motifs is 2. The van der Waals surface area contributed by atoms with Crippen molar-refractivity contribution in [1.82, 2.24) is 10.9 Å². The van der Waals surface area contributed by atoms with Gasteiger partial charge in [0.2, 0.25) is 5.91 Å². The van der Waals surface area contributed by atoms with Gasteiger partial charge < -0.3 is 0 Å². The van der Waals surface area contributed by atoms with Gasteiger partial charge in [0.05, 0.1) is 0 Å². The molecule has 2 aliphatic carbocycles. The monoisotopic (exact) mass is 286 g/mol. The summed E-state index contributed by atoms with van der Waals surface area (Å²) in [5, 5.41) is 0. The Balaban J connectivity index is 1.48. The first-order chi connectivity index (χ1) is 10.1. The summed E-state index contributed by atoms with van der Waals surface area (Å²) >= 11 is 0. The van der Waals surface area contributed by atoms with Gasteiger partial charge in [0, 0.05) is 12.0 Å². The molecule has 21 heavy (non-hydrogen) atoms.